The molecule has 94 valence electrons. The maximum absolute atomic E-state index is 11.6. The molecule has 0 radical (unpaired) electrons. The van der Waals surface area contributed by atoms with Crippen molar-refractivity contribution in [3.8, 4) is 0 Å². The molecular weight excluding hydrogens is 226 g/mol. The first-order valence-electron chi connectivity index (χ1n) is 6.14. The van der Waals surface area contributed by atoms with Crippen molar-refractivity contribution in [2.24, 2.45) is 0 Å². The van der Waals surface area contributed by atoms with E-state index >= 15 is 0 Å². The molecule has 1 aliphatic heterocycles. The molecule has 0 spiro atoms. The Morgan fingerprint density at radius 3 is 2.50 bits per heavy atom. The van der Waals surface area contributed by atoms with E-state index in [1.54, 1.807) is 0 Å². The SMILES string of the molecule is O=S1(=O)CCCC(CO)(NC2CCCC2)C1. The van der Waals surface area contributed by atoms with Gasteiger partial charge in [-0.3, -0.25) is 0 Å². The van der Waals surface area contributed by atoms with Gasteiger partial charge in [-0.1, -0.05) is 12.8 Å². The van der Waals surface area contributed by atoms with Crippen LogP contribution in [0.2, 0.25) is 0 Å². The number of aliphatic hydroxyl groups excluding tert-OH is 1. The second kappa shape index (κ2) is 4.63. The molecule has 0 bridgehead atoms. The molecule has 2 aliphatic rings. The van der Waals surface area contributed by atoms with Gasteiger partial charge >= 0.3 is 0 Å². The highest BCUT2D eigenvalue weighted by molar-refractivity contribution is 7.91. The minimum Gasteiger partial charge on any atom is -0.394 e. The molecule has 1 heterocycles. The van der Waals surface area contributed by atoms with Gasteiger partial charge in [0.2, 0.25) is 0 Å². The van der Waals surface area contributed by atoms with Crippen molar-refractivity contribution in [3.05, 3.63) is 0 Å². The third kappa shape index (κ3) is 2.76. The monoisotopic (exact) mass is 247 g/mol. The Balaban J connectivity index is 2.05. The first-order chi connectivity index (χ1) is 7.55. The largest absolute Gasteiger partial charge is 0.394 e. The predicted molar refractivity (Wildman–Crippen MR) is 63.1 cm³/mol. The number of hydrogen-bond acceptors (Lipinski definition) is 4. The minimum atomic E-state index is -2.97. The van der Waals surface area contributed by atoms with Crippen LogP contribution < -0.4 is 5.32 Å². The molecule has 0 aromatic carbocycles. The van der Waals surface area contributed by atoms with Gasteiger partial charge in [0.25, 0.3) is 0 Å². The van der Waals surface area contributed by atoms with Gasteiger partial charge in [-0.25, -0.2) is 8.42 Å². The normalized spacial score (nSPS) is 35.3. The standard InChI is InChI=1S/C11H21NO3S/c13-8-11(12-10-4-1-2-5-10)6-3-7-16(14,15)9-11/h10,12-13H,1-9H2. The first kappa shape index (κ1) is 12.3. The summed E-state index contributed by atoms with van der Waals surface area (Å²) in [5.74, 6) is 0.383. The molecule has 2 rings (SSSR count). The zero-order valence-electron chi connectivity index (χ0n) is 9.61. The molecule has 1 saturated heterocycles. The van der Waals surface area contributed by atoms with Crippen LogP contribution in [0.1, 0.15) is 38.5 Å². The molecule has 0 aromatic rings. The molecule has 1 saturated carbocycles. The summed E-state index contributed by atoms with van der Waals surface area (Å²) < 4.78 is 23.3. The summed E-state index contributed by atoms with van der Waals surface area (Å²) in [4.78, 5) is 0. The van der Waals surface area contributed by atoms with Crippen LogP contribution in [0.5, 0.6) is 0 Å². The van der Waals surface area contributed by atoms with Crippen LogP contribution in [0.3, 0.4) is 0 Å². The molecule has 1 unspecified atom stereocenters. The quantitative estimate of drug-likeness (QED) is 0.760. The van der Waals surface area contributed by atoms with Gasteiger partial charge < -0.3 is 10.4 Å². The Morgan fingerprint density at radius 1 is 1.25 bits per heavy atom. The summed E-state index contributed by atoms with van der Waals surface area (Å²) in [7, 11) is -2.97. The summed E-state index contributed by atoms with van der Waals surface area (Å²) in [5.41, 5.74) is -0.563. The average molecular weight is 247 g/mol. The summed E-state index contributed by atoms with van der Waals surface area (Å²) in [6.45, 7) is -0.0667. The van der Waals surface area contributed by atoms with Gasteiger partial charge in [0.05, 0.1) is 23.7 Å². The molecular formula is C11H21NO3S. The van der Waals surface area contributed by atoms with Crippen molar-refractivity contribution < 1.29 is 13.5 Å². The third-order valence-electron chi connectivity index (χ3n) is 3.78. The van der Waals surface area contributed by atoms with Crippen LogP contribution in [-0.2, 0) is 9.84 Å². The van der Waals surface area contributed by atoms with E-state index < -0.39 is 15.4 Å². The van der Waals surface area contributed by atoms with Crippen molar-refractivity contribution >= 4 is 9.84 Å². The van der Waals surface area contributed by atoms with E-state index in [-0.39, 0.29) is 18.1 Å². The Hall–Kier alpha value is -0.130. The topological polar surface area (TPSA) is 66.4 Å². The van der Waals surface area contributed by atoms with Crippen LogP contribution in [0, 0.1) is 0 Å². The van der Waals surface area contributed by atoms with E-state index in [2.05, 4.69) is 5.32 Å². The highest BCUT2D eigenvalue weighted by atomic mass is 32.2. The van der Waals surface area contributed by atoms with Gasteiger partial charge in [-0.15, -0.1) is 0 Å². The van der Waals surface area contributed by atoms with E-state index in [9.17, 15) is 13.5 Å². The second-order valence-corrected chi connectivity index (χ2v) is 7.44. The summed E-state index contributed by atoms with van der Waals surface area (Å²) >= 11 is 0. The Bertz CT molecular complexity index is 335. The maximum Gasteiger partial charge on any atom is 0.152 e. The van der Waals surface area contributed by atoms with Crippen molar-refractivity contribution in [1.29, 1.82) is 0 Å². The predicted octanol–water partition coefficient (Wildman–Crippen LogP) is 0.458. The van der Waals surface area contributed by atoms with Crippen molar-refractivity contribution in [1.82, 2.24) is 5.32 Å². The zero-order valence-corrected chi connectivity index (χ0v) is 10.4. The van der Waals surface area contributed by atoms with E-state index in [0.717, 1.165) is 19.3 Å². The lowest BCUT2D eigenvalue weighted by atomic mass is 9.95. The molecule has 0 amide bonds. The molecule has 2 fully saturated rings. The molecule has 1 aliphatic carbocycles. The molecule has 4 nitrogen and oxygen atoms in total. The van der Waals surface area contributed by atoms with E-state index in [4.69, 9.17) is 0 Å². The minimum absolute atomic E-state index is 0.0667. The molecule has 2 N–H and O–H groups in total. The number of nitrogens with one attached hydrogen (secondary N) is 1. The highest BCUT2D eigenvalue weighted by Crippen LogP contribution is 2.27. The Morgan fingerprint density at radius 2 is 1.94 bits per heavy atom. The molecule has 0 aromatic heterocycles. The Kier molecular flexibility index (Phi) is 3.56. The molecule has 1 atom stereocenters. The number of hydrogen-bond donors (Lipinski definition) is 2. The van der Waals surface area contributed by atoms with E-state index in [1.807, 2.05) is 0 Å². The summed E-state index contributed by atoms with van der Waals surface area (Å²) in [6.07, 6.45) is 6.10. The highest BCUT2D eigenvalue weighted by Gasteiger charge is 2.40. The zero-order chi connectivity index (χ0) is 11.6. The van der Waals surface area contributed by atoms with Crippen molar-refractivity contribution in [3.63, 3.8) is 0 Å². The van der Waals surface area contributed by atoms with Gasteiger partial charge in [0, 0.05) is 6.04 Å². The van der Waals surface area contributed by atoms with Crippen molar-refractivity contribution in [2.75, 3.05) is 18.1 Å². The van der Waals surface area contributed by atoms with Crippen LogP contribution in [0.4, 0.5) is 0 Å². The smallest absolute Gasteiger partial charge is 0.152 e. The fourth-order valence-electron chi connectivity index (χ4n) is 2.98. The lowest BCUT2D eigenvalue weighted by Crippen LogP contribution is -2.58. The van der Waals surface area contributed by atoms with Gasteiger partial charge in [-0.2, -0.15) is 0 Å². The van der Waals surface area contributed by atoms with Crippen LogP contribution in [-0.4, -0.2) is 43.2 Å². The second-order valence-electron chi connectivity index (χ2n) is 5.26. The summed E-state index contributed by atoms with van der Waals surface area (Å²) in [6, 6.07) is 0.403. The molecule has 5 heteroatoms. The van der Waals surface area contributed by atoms with E-state index in [0.29, 0.717) is 12.5 Å². The van der Waals surface area contributed by atoms with Crippen LogP contribution in [0.25, 0.3) is 0 Å². The third-order valence-corrected chi connectivity index (χ3v) is 5.68. The van der Waals surface area contributed by atoms with E-state index in [1.165, 1.54) is 12.8 Å². The number of sulfone groups is 1. The lowest BCUT2D eigenvalue weighted by Gasteiger charge is -2.38. The van der Waals surface area contributed by atoms with Crippen molar-refractivity contribution in [2.45, 2.75) is 50.1 Å². The number of rotatable bonds is 3. The first-order valence-corrected chi connectivity index (χ1v) is 7.96. The Labute approximate surface area is 97.3 Å². The maximum atomic E-state index is 11.6. The van der Waals surface area contributed by atoms with Gasteiger partial charge in [-0.05, 0) is 25.7 Å². The summed E-state index contributed by atoms with van der Waals surface area (Å²) in [5, 5.41) is 12.9. The fourth-order valence-corrected chi connectivity index (χ4v) is 4.87. The van der Waals surface area contributed by atoms with Crippen LogP contribution >= 0.6 is 0 Å². The fraction of sp³-hybridized carbons (Fsp3) is 1.00. The average Bonchev–Trinajstić information content (AvgIpc) is 2.69. The van der Waals surface area contributed by atoms with Crippen LogP contribution in [0.15, 0.2) is 0 Å². The van der Waals surface area contributed by atoms with Gasteiger partial charge in [0.15, 0.2) is 9.84 Å². The molecule has 16 heavy (non-hydrogen) atoms. The van der Waals surface area contributed by atoms with Gasteiger partial charge in [0.1, 0.15) is 0 Å². The number of aliphatic hydroxyl groups is 1. The lowest BCUT2D eigenvalue weighted by molar-refractivity contribution is 0.150.